The number of hydrogen-bond donors (Lipinski definition) is 2. The lowest BCUT2D eigenvalue weighted by molar-refractivity contribution is -0.158. The second-order valence-corrected chi connectivity index (χ2v) is 11.1. The Morgan fingerprint density at radius 1 is 1.07 bits per heavy atom. The van der Waals surface area contributed by atoms with E-state index in [-0.39, 0.29) is 43.8 Å². The van der Waals surface area contributed by atoms with Crippen molar-refractivity contribution in [1.82, 2.24) is 20.0 Å². The number of aliphatic hydroxyl groups excluding tert-OH is 1. The van der Waals surface area contributed by atoms with E-state index in [0.29, 0.717) is 45.7 Å². The molecule has 12 heteroatoms. The highest BCUT2D eigenvalue weighted by atomic mass is 16.6. The molecule has 5 bridgehead atoms. The molecule has 40 heavy (non-hydrogen) atoms. The van der Waals surface area contributed by atoms with E-state index in [1.165, 1.54) is 4.90 Å². The Morgan fingerprint density at radius 3 is 2.65 bits per heavy atom. The Morgan fingerprint density at radius 2 is 1.88 bits per heavy atom. The van der Waals surface area contributed by atoms with Gasteiger partial charge in [-0.2, -0.15) is 0 Å². The van der Waals surface area contributed by atoms with Crippen molar-refractivity contribution in [2.75, 3.05) is 65.6 Å². The minimum Gasteiger partial charge on any atom is -0.460 e. The number of nitrogens with zero attached hydrogens (tertiary/aromatic N) is 3. The van der Waals surface area contributed by atoms with Crippen molar-refractivity contribution in [2.45, 2.75) is 50.0 Å². The number of hydrogen-bond acceptors (Lipinski definition) is 9. The molecule has 6 atom stereocenters. The predicted molar refractivity (Wildman–Crippen MR) is 142 cm³/mol. The molecule has 0 aromatic rings. The van der Waals surface area contributed by atoms with Crippen LogP contribution in [0.25, 0.3) is 0 Å². The summed E-state index contributed by atoms with van der Waals surface area (Å²) in [5.41, 5.74) is -1.29. The molecule has 0 unspecified atom stereocenters. The highest BCUT2D eigenvalue weighted by molar-refractivity contribution is 5.99. The van der Waals surface area contributed by atoms with Crippen LogP contribution in [0.2, 0.25) is 0 Å². The van der Waals surface area contributed by atoms with Gasteiger partial charge in [-0.05, 0) is 19.8 Å². The Kier molecular flexibility index (Phi) is 8.89. The van der Waals surface area contributed by atoms with Crippen molar-refractivity contribution >= 4 is 23.7 Å². The van der Waals surface area contributed by atoms with Crippen LogP contribution in [0.1, 0.15) is 26.2 Å². The van der Waals surface area contributed by atoms with Crippen LogP contribution in [-0.2, 0) is 33.4 Å². The number of carbonyl (C=O) groups excluding carboxylic acids is 4. The molecule has 0 aliphatic carbocycles. The average Bonchev–Trinajstić information content (AvgIpc) is 3.59. The molecule has 2 N–H and O–H groups in total. The van der Waals surface area contributed by atoms with Gasteiger partial charge in [0.05, 0.1) is 31.8 Å². The van der Waals surface area contributed by atoms with Crippen LogP contribution >= 0.6 is 0 Å². The summed E-state index contributed by atoms with van der Waals surface area (Å²) in [6.45, 7) is 6.09. The van der Waals surface area contributed by atoms with Gasteiger partial charge < -0.3 is 34.4 Å². The first-order valence-electron chi connectivity index (χ1n) is 14.4. The molecule has 5 rings (SSSR count). The third-order valence-electron chi connectivity index (χ3n) is 8.47. The first-order chi connectivity index (χ1) is 19.4. The van der Waals surface area contributed by atoms with Crippen LogP contribution in [0, 0.1) is 11.8 Å². The van der Waals surface area contributed by atoms with Crippen molar-refractivity contribution in [1.29, 1.82) is 0 Å². The molecule has 5 heterocycles. The maximum Gasteiger partial charge on any atom is 0.313 e. The van der Waals surface area contributed by atoms with Crippen LogP contribution in [0.4, 0.5) is 0 Å². The number of amides is 3. The van der Waals surface area contributed by atoms with Gasteiger partial charge in [0.2, 0.25) is 17.7 Å². The van der Waals surface area contributed by atoms with Gasteiger partial charge in [-0.15, -0.1) is 0 Å². The van der Waals surface area contributed by atoms with Gasteiger partial charge in [-0.3, -0.25) is 24.1 Å². The lowest BCUT2D eigenvalue weighted by Gasteiger charge is -2.37. The lowest BCUT2D eigenvalue weighted by Crippen LogP contribution is -2.57. The second-order valence-electron chi connectivity index (χ2n) is 11.1. The second kappa shape index (κ2) is 12.4. The SMILES string of the molecule is C[C@H]1CNC(=O)CC/C=C\CN(CCN2CCOCC2)C(=O)[C@H]2N(CCCO)C(=O)[C@@H]3[C@@H](C(=O)O1)[C@H]1C=C[C@]32O1. The monoisotopic (exact) mass is 560 g/mol. The summed E-state index contributed by atoms with van der Waals surface area (Å²) in [6, 6.07) is -0.968. The van der Waals surface area contributed by atoms with E-state index in [1.807, 2.05) is 12.2 Å². The molecule has 0 aromatic heterocycles. The molecule has 0 aromatic carbocycles. The van der Waals surface area contributed by atoms with E-state index >= 15 is 0 Å². The Balaban J connectivity index is 1.47. The third kappa shape index (κ3) is 5.54. The van der Waals surface area contributed by atoms with Crippen LogP contribution < -0.4 is 5.32 Å². The summed E-state index contributed by atoms with van der Waals surface area (Å²) in [4.78, 5) is 59.5. The molecule has 5 aliphatic heterocycles. The highest BCUT2D eigenvalue weighted by Crippen LogP contribution is 2.55. The zero-order chi connectivity index (χ0) is 28.3. The zero-order valence-corrected chi connectivity index (χ0v) is 23.0. The third-order valence-corrected chi connectivity index (χ3v) is 8.47. The molecular formula is C28H40N4O8. The van der Waals surface area contributed by atoms with Gasteiger partial charge in [0.15, 0.2) is 0 Å². The lowest BCUT2D eigenvalue weighted by atomic mass is 9.74. The number of ether oxygens (including phenoxy) is 3. The molecular weight excluding hydrogens is 520 g/mol. The van der Waals surface area contributed by atoms with Gasteiger partial charge in [0.25, 0.3) is 0 Å². The van der Waals surface area contributed by atoms with E-state index in [9.17, 15) is 24.3 Å². The Bertz CT molecular complexity index is 1040. The smallest absolute Gasteiger partial charge is 0.313 e. The number of rotatable bonds is 6. The number of cyclic esters (lactones) is 1. The quantitative estimate of drug-likeness (QED) is 0.312. The first-order valence-corrected chi connectivity index (χ1v) is 14.4. The van der Waals surface area contributed by atoms with Crippen LogP contribution in [0.15, 0.2) is 24.3 Å². The standard InChI is InChI=1S/C28H40N4O8/c1-19-18-29-21(34)6-3-2-4-9-31(12-11-30-13-16-38-17-14-30)26(36)24-28-8-7-20(40-28)22(27(37)39-19)23(28)25(35)32(24)10-5-15-33/h2,4,7-8,19-20,22-24,33H,3,5-6,9-18H2,1H3,(H,29,34)/b4-2-/t19-,20+,22-,23-,24+,28-/m0/s1. The van der Waals surface area contributed by atoms with Crippen LogP contribution in [0.3, 0.4) is 0 Å². The van der Waals surface area contributed by atoms with Gasteiger partial charge in [-0.1, -0.05) is 24.3 Å². The molecule has 0 radical (unpaired) electrons. The fourth-order valence-corrected chi connectivity index (χ4v) is 6.45. The molecule has 1 spiro atoms. The Labute approximate surface area is 234 Å². The molecule has 5 aliphatic rings. The van der Waals surface area contributed by atoms with Crippen LogP contribution in [-0.4, -0.2) is 133 Å². The topological polar surface area (TPSA) is 138 Å². The van der Waals surface area contributed by atoms with Crippen molar-refractivity contribution in [3.63, 3.8) is 0 Å². The summed E-state index contributed by atoms with van der Waals surface area (Å²) in [5, 5.41) is 12.4. The number of carbonyl (C=O) groups is 4. The van der Waals surface area contributed by atoms with E-state index in [4.69, 9.17) is 14.2 Å². The summed E-state index contributed by atoms with van der Waals surface area (Å²) in [6.07, 6.45) is 7.09. The van der Waals surface area contributed by atoms with Crippen molar-refractivity contribution in [2.24, 2.45) is 11.8 Å². The zero-order valence-electron chi connectivity index (χ0n) is 23.0. The number of allylic oxidation sites excluding steroid dienone is 1. The minimum atomic E-state index is -1.29. The number of esters is 1. The fraction of sp³-hybridized carbons (Fsp3) is 0.714. The maximum atomic E-state index is 14.4. The summed E-state index contributed by atoms with van der Waals surface area (Å²) in [7, 11) is 0. The van der Waals surface area contributed by atoms with Crippen molar-refractivity contribution in [3.8, 4) is 0 Å². The Hall–Kier alpha value is -2.80. The van der Waals surface area contributed by atoms with E-state index in [2.05, 4.69) is 10.2 Å². The highest BCUT2D eigenvalue weighted by Gasteiger charge is 2.73. The van der Waals surface area contributed by atoms with Crippen LogP contribution in [0.5, 0.6) is 0 Å². The summed E-state index contributed by atoms with van der Waals surface area (Å²) < 4.78 is 17.5. The van der Waals surface area contributed by atoms with Crippen molar-refractivity contribution < 1.29 is 38.5 Å². The number of morpholine rings is 1. The number of fused-ring (bicyclic) bond motifs is 2. The van der Waals surface area contributed by atoms with Gasteiger partial charge in [0, 0.05) is 52.3 Å². The molecule has 3 fully saturated rings. The molecule has 3 amide bonds. The maximum absolute atomic E-state index is 14.4. The summed E-state index contributed by atoms with van der Waals surface area (Å²) >= 11 is 0. The minimum absolute atomic E-state index is 0.139. The molecule has 12 nitrogen and oxygen atoms in total. The number of aliphatic hydroxyl groups is 1. The largest absolute Gasteiger partial charge is 0.460 e. The predicted octanol–water partition coefficient (Wildman–Crippen LogP) is -0.922. The van der Waals surface area contributed by atoms with Gasteiger partial charge >= 0.3 is 5.97 Å². The van der Waals surface area contributed by atoms with E-state index in [1.54, 1.807) is 24.0 Å². The number of nitrogens with one attached hydrogen (secondary N) is 1. The molecule has 3 saturated heterocycles. The van der Waals surface area contributed by atoms with Gasteiger partial charge in [0.1, 0.15) is 23.7 Å². The van der Waals surface area contributed by atoms with E-state index in [0.717, 1.165) is 13.1 Å². The normalized spacial score (nSPS) is 36.1. The molecule has 220 valence electrons. The average molecular weight is 561 g/mol. The fourth-order valence-electron chi connectivity index (χ4n) is 6.45. The first kappa shape index (κ1) is 28.7. The van der Waals surface area contributed by atoms with Gasteiger partial charge in [-0.25, -0.2) is 0 Å². The number of likely N-dealkylation sites (tertiary alicyclic amines) is 1. The van der Waals surface area contributed by atoms with E-state index < -0.39 is 41.7 Å². The van der Waals surface area contributed by atoms with Crippen molar-refractivity contribution in [3.05, 3.63) is 24.3 Å². The molecule has 0 saturated carbocycles. The summed E-state index contributed by atoms with van der Waals surface area (Å²) in [5.74, 6) is -3.15.